The van der Waals surface area contributed by atoms with E-state index in [4.69, 9.17) is 4.74 Å². The van der Waals surface area contributed by atoms with Crippen LogP contribution in [0.5, 0.6) is 0 Å². The number of rotatable bonds is 3. The summed E-state index contributed by atoms with van der Waals surface area (Å²) in [5.41, 5.74) is 0. The van der Waals surface area contributed by atoms with Crippen LogP contribution in [0.15, 0.2) is 0 Å². The monoisotopic (exact) mass is 267 g/mol. The first-order valence-corrected chi connectivity index (χ1v) is 8.38. The predicted molar refractivity (Wildman–Crippen MR) is 76.2 cm³/mol. The van der Waals surface area contributed by atoms with E-state index in [2.05, 4.69) is 4.90 Å². The number of hydrogen-bond acceptors (Lipinski definition) is 3. The van der Waals surface area contributed by atoms with Crippen molar-refractivity contribution >= 4 is 0 Å². The van der Waals surface area contributed by atoms with E-state index in [9.17, 15) is 5.11 Å². The Morgan fingerprint density at radius 2 is 1.74 bits per heavy atom. The summed E-state index contributed by atoms with van der Waals surface area (Å²) >= 11 is 0. The molecule has 1 aliphatic heterocycles. The van der Waals surface area contributed by atoms with Crippen molar-refractivity contribution in [1.29, 1.82) is 0 Å². The maximum absolute atomic E-state index is 10.5. The normalized spacial score (nSPS) is 35.8. The Bertz CT molecular complexity index is 276. The van der Waals surface area contributed by atoms with Gasteiger partial charge < -0.3 is 9.84 Å². The Labute approximate surface area is 117 Å². The first-order chi connectivity index (χ1) is 9.34. The highest BCUT2D eigenvalue weighted by molar-refractivity contribution is 4.89. The van der Waals surface area contributed by atoms with E-state index in [1.54, 1.807) is 0 Å². The molecule has 1 N–H and O–H groups in total. The molecule has 0 aromatic heterocycles. The minimum absolute atomic E-state index is 0.110. The molecule has 3 fully saturated rings. The summed E-state index contributed by atoms with van der Waals surface area (Å²) in [6.45, 7) is 2.76. The van der Waals surface area contributed by atoms with Crippen molar-refractivity contribution in [2.45, 2.75) is 76.0 Å². The quantitative estimate of drug-likeness (QED) is 0.853. The average molecular weight is 267 g/mol. The Balaban J connectivity index is 1.55. The first kappa shape index (κ1) is 13.8. The highest BCUT2D eigenvalue weighted by Crippen LogP contribution is 2.31. The van der Waals surface area contributed by atoms with Crippen molar-refractivity contribution in [3.05, 3.63) is 0 Å². The van der Waals surface area contributed by atoms with Crippen molar-refractivity contribution in [2.24, 2.45) is 5.92 Å². The fraction of sp³-hybridized carbons (Fsp3) is 1.00. The molecule has 0 spiro atoms. The van der Waals surface area contributed by atoms with Gasteiger partial charge in [0.15, 0.2) is 0 Å². The molecule has 19 heavy (non-hydrogen) atoms. The molecule has 2 aliphatic carbocycles. The molecule has 3 rings (SSSR count). The Morgan fingerprint density at radius 3 is 2.58 bits per heavy atom. The van der Waals surface area contributed by atoms with E-state index < -0.39 is 0 Å². The molecule has 3 atom stereocenters. The van der Waals surface area contributed by atoms with Crippen LogP contribution in [0.4, 0.5) is 0 Å². The number of aliphatic hydroxyl groups excluding tert-OH is 1. The van der Waals surface area contributed by atoms with Gasteiger partial charge in [-0.25, -0.2) is 0 Å². The molecule has 3 nitrogen and oxygen atoms in total. The number of aliphatic hydroxyl groups is 1. The van der Waals surface area contributed by atoms with Gasteiger partial charge in [-0.05, 0) is 31.6 Å². The van der Waals surface area contributed by atoms with Crippen molar-refractivity contribution < 1.29 is 9.84 Å². The van der Waals surface area contributed by atoms with Gasteiger partial charge in [0.2, 0.25) is 0 Å². The zero-order valence-electron chi connectivity index (χ0n) is 12.1. The van der Waals surface area contributed by atoms with Crippen LogP contribution in [0.2, 0.25) is 0 Å². The molecule has 0 radical (unpaired) electrons. The largest absolute Gasteiger partial charge is 0.392 e. The Hall–Kier alpha value is -0.120. The van der Waals surface area contributed by atoms with Gasteiger partial charge in [-0.3, -0.25) is 4.90 Å². The summed E-state index contributed by atoms with van der Waals surface area (Å²) in [7, 11) is 0. The lowest BCUT2D eigenvalue weighted by Gasteiger charge is -2.45. The van der Waals surface area contributed by atoms with Crippen LogP contribution in [0, 0.1) is 5.92 Å². The Kier molecular flexibility index (Phi) is 4.78. The van der Waals surface area contributed by atoms with Crippen LogP contribution in [-0.2, 0) is 4.74 Å². The molecule has 110 valence electrons. The summed E-state index contributed by atoms with van der Waals surface area (Å²) in [5, 5.41) is 10.5. The van der Waals surface area contributed by atoms with Crippen molar-refractivity contribution in [3.8, 4) is 0 Å². The van der Waals surface area contributed by atoms with Gasteiger partial charge in [-0.1, -0.05) is 32.1 Å². The van der Waals surface area contributed by atoms with Crippen molar-refractivity contribution in [1.82, 2.24) is 4.90 Å². The number of fused-ring (bicyclic) bond motifs is 1. The van der Waals surface area contributed by atoms with Crippen molar-refractivity contribution in [2.75, 3.05) is 19.7 Å². The van der Waals surface area contributed by atoms with Gasteiger partial charge in [-0.2, -0.15) is 0 Å². The minimum atomic E-state index is -0.110. The highest BCUT2D eigenvalue weighted by Gasteiger charge is 2.35. The molecule has 0 aromatic carbocycles. The van der Waals surface area contributed by atoms with E-state index in [0.29, 0.717) is 18.1 Å². The molecular formula is C16H29NO2. The predicted octanol–water partition coefficient (Wildman–Crippen LogP) is 2.57. The molecule has 0 amide bonds. The van der Waals surface area contributed by atoms with Crippen LogP contribution in [0.25, 0.3) is 0 Å². The van der Waals surface area contributed by atoms with E-state index >= 15 is 0 Å². The molecule has 1 saturated heterocycles. The lowest BCUT2D eigenvalue weighted by molar-refractivity contribution is -0.102. The number of hydrogen-bond donors (Lipinski definition) is 1. The van der Waals surface area contributed by atoms with Crippen molar-refractivity contribution in [3.63, 3.8) is 0 Å². The van der Waals surface area contributed by atoms with Gasteiger partial charge in [0.1, 0.15) is 0 Å². The summed E-state index contributed by atoms with van der Waals surface area (Å²) in [4.78, 5) is 2.53. The molecule has 0 aromatic rings. The van der Waals surface area contributed by atoms with Gasteiger partial charge in [-0.15, -0.1) is 0 Å². The molecular weight excluding hydrogens is 238 g/mol. The number of nitrogens with zero attached hydrogens (tertiary/aromatic N) is 1. The standard InChI is InChI=1S/C16H29NO2/c18-15(13-6-2-1-3-7-13)12-17-10-11-19-16-9-5-4-8-14(16)17/h13-16,18H,1-12H2. The third kappa shape index (κ3) is 3.32. The van der Waals surface area contributed by atoms with Gasteiger partial charge in [0.05, 0.1) is 18.8 Å². The SMILES string of the molecule is OC(CN1CCOC2CCCCC21)C1CCCCC1. The molecule has 1 heterocycles. The van der Waals surface area contributed by atoms with E-state index in [1.165, 1.54) is 57.8 Å². The van der Waals surface area contributed by atoms with Gasteiger partial charge >= 0.3 is 0 Å². The third-order valence-electron chi connectivity index (χ3n) is 5.46. The maximum atomic E-state index is 10.5. The van der Waals surface area contributed by atoms with E-state index in [1.807, 2.05) is 0 Å². The summed E-state index contributed by atoms with van der Waals surface area (Å²) < 4.78 is 5.92. The third-order valence-corrected chi connectivity index (χ3v) is 5.46. The first-order valence-electron chi connectivity index (χ1n) is 8.38. The number of ether oxygens (including phenoxy) is 1. The zero-order chi connectivity index (χ0) is 13.1. The van der Waals surface area contributed by atoms with Crippen LogP contribution >= 0.6 is 0 Å². The van der Waals surface area contributed by atoms with Crippen LogP contribution in [-0.4, -0.2) is 48.0 Å². The average Bonchev–Trinajstić information content (AvgIpc) is 2.48. The molecule has 3 aliphatic rings. The number of β-amino-alcohol motifs (C(OH)–C–C–N with tert-alkyl or cyclic N) is 1. The second-order valence-electron chi connectivity index (χ2n) is 6.72. The second-order valence-corrected chi connectivity index (χ2v) is 6.72. The fourth-order valence-corrected chi connectivity index (χ4v) is 4.31. The number of morpholine rings is 1. The molecule has 3 unspecified atom stereocenters. The van der Waals surface area contributed by atoms with Crippen LogP contribution < -0.4 is 0 Å². The fourth-order valence-electron chi connectivity index (χ4n) is 4.31. The van der Waals surface area contributed by atoms with E-state index in [-0.39, 0.29) is 6.10 Å². The lowest BCUT2D eigenvalue weighted by Crippen LogP contribution is -2.55. The summed E-state index contributed by atoms with van der Waals surface area (Å²) in [5.74, 6) is 0.554. The maximum Gasteiger partial charge on any atom is 0.0730 e. The second kappa shape index (κ2) is 6.55. The van der Waals surface area contributed by atoms with Crippen LogP contribution in [0.1, 0.15) is 57.8 Å². The smallest absolute Gasteiger partial charge is 0.0730 e. The molecule has 3 heteroatoms. The van der Waals surface area contributed by atoms with Gasteiger partial charge in [0, 0.05) is 19.1 Å². The summed E-state index contributed by atoms with van der Waals surface area (Å²) in [6, 6.07) is 0.584. The highest BCUT2D eigenvalue weighted by atomic mass is 16.5. The Morgan fingerprint density at radius 1 is 1.00 bits per heavy atom. The zero-order valence-corrected chi connectivity index (χ0v) is 12.1. The topological polar surface area (TPSA) is 32.7 Å². The molecule has 0 bridgehead atoms. The lowest BCUT2D eigenvalue weighted by atomic mass is 9.84. The van der Waals surface area contributed by atoms with Crippen LogP contribution in [0.3, 0.4) is 0 Å². The van der Waals surface area contributed by atoms with Gasteiger partial charge in [0.25, 0.3) is 0 Å². The van der Waals surface area contributed by atoms with E-state index in [0.717, 1.165) is 19.7 Å². The molecule has 2 saturated carbocycles. The minimum Gasteiger partial charge on any atom is -0.392 e. The summed E-state index contributed by atoms with van der Waals surface area (Å²) in [6.07, 6.45) is 11.9.